The number of phenols is 1. The minimum Gasteiger partial charge on any atom is -0.508 e. The Bertz CT molecular complexity index is 1320. The first-order chi connectivity index (χ1) is 20.2. The zero-order chi connectivity index (χ0) is 30.5. The molecule has 0 heterocycles. The van der Waals surface area contributed by atoms with Crippen molar-refractivity contribution in [2.75, 3.05) is 7.11 Å². The molecule has 0 saturated carbocycles. The summed E-state index contributed by atoms with van der Waals surface area (Å²) in [5.74, 6) is -2.29. The van der Waals surface area contributed by atoms with Crippen LogP contribution in [0, 0.1) is 0 Å². The number of aromatic hydroxyl groups is 1. The fraction of sp³-hybridized carbons (Fsp3) is 0.290. The number of aliphatic hydroxyl groups is 1. The fourth-order valence-corrected chi connectivity index (χ4v) is 4.07. The summed E-state index contributed by atoms with van der Waals surface area (Å²) in [6, 6.07) is 20.3. The van der Waals surface area contributed by atoms with Crippen LogP contribution < -0.4 is 16.0 Å². The second-order valence-electron chi connectivity index (χ2n) is 9.63. The number of rotatable bonds is 13. The highest BCUT2D eigenvalue weighted by molar-refractivity contribution is 5.93. The van der Waals surface area contributed by atoms with Crippen molar-refractivity contribution in [3.8, 4) is 5.75 Å². The second-order valence-corrected chi connectivity index (χ2v) is 9.63. The lowest BCUT2D eigenvalue weighted by atomic mass is 10.0. The van der Waals surface area contributed by atoms with Crippen LogP contribution in [-0.4, -0.2) is 65.4 Å². The van der Waals surface area contributed by atoms with E-state index < -0.39 is 48.1 Å². The maximum absolute atomic E-state index is 13.6. The summed E-state index contributed by atoms with van der Waals surface area (Å²) in [6.45, 7) is 1.31. The van der Waals surface area contributed by atoms with Crippen LogP contribution in [-0.2, 0) is 43.3 Å². The molecule has 0 aromatic heterocycles. The van der Waals surface area contributed by atoms with E-state index in [1.165, 1.54) is 19.1 Å². The third kappa shape index (κ3) is 9.93. The first-order valence-electron chi connectivity index (χ1n) is 13.3. The van der Waals surface area contributed by atoms with Crippen molar-refractivity contribution in [2.24, 2.45) is 0 Å². The monoisotopic (exact) mass is 577 g/mol. The van der Waals surface area contributed by atoms with E-state index in [0.29, 0.717) is 5.56 Å². The van der Waals surface area contributed by atoms with Crippen molar-refractivity contribution in [1.82, 2.24) is 16.0 Å². The zero-order valence-electron chi connectivity index (χ0n) is 23.4. The van der Waals surface area contributed by atoms with E-state index >= 15 is 0 Å². The van der Waals surface area contributed by atoms with Gasteiger partial charge in [0.1, 0.15) is 24.4 Å². The topological polar surface area (TPSA) is 163 Å². The van der Waals surface area contributed by atoms with Crippen LogP contribution in [0.5, 0.6) is 5.75 Å². The molecular formula is C31H35N3O8. The number of amides is 3. The Hall–Kier alpha value is -4.90. The molecule has 0 radical (unpaired) electrons. The number of carbonyl (C=O) groups is 4. The second kappa shape index (κ2) is 15.8. The molecule has 0 fully saturated rings. The molecule has 5 N–H and O–H groups in total. The molecule has 0 unspecified atom stereocenters. The summed E-state index contributed by atoms with van der Waals surface area (Å²) in [7, 11) is 1.12. The number of phenolic OH excluding ortho intramolecular Hbond substituents is 1. The number of hydrogen-bond donors (Lipinski definition) is 5. The van der Waals surface area contributed by atoms with Crippen molar-refractivity contribution in [3.05, 3.63) is 102 Å². The van der Waals surface area contributed by atoms with Crippen molar-refractivity contribution in [3.63, 3.8) is 0 Å². The number of hydrogen-bond acceptors (Lipinski definition) is 8. The predicted molar refractivity (Wildman–Crippen MR) is 153 cm³/mol. The number of aliphatic hydroxyl groups excluding tert-OH is 1. The van der Waals surface area contributed by atoms with Crippen LogP contribution in [0.15, 0.2) is 84.9 Å². The van der Waals surface area contributed by atoms with Gasteiger partial charge in [-0.3, -0.25) is 9.59 Å². The lowest BCUT2D eigenvalue weighted by Crippen LogP contribution is -2.58. The molecule has 3 aromatic rings. The molecule has 3 rings (SSSR count). The maximum atomic E-state index is 13.6. The highest BCUT2D eigenvalue weighted by atomic mass is 16.5. The molecule has 42 heavy (non-hydrogen) atoms. The molecule has 222 valence electrons. The lowest BCUT2D eigenvalue weighted by molar-refractivity contribution is -0.148. The Labute approximate surface area is 243 Å². The van der Waals surface area contributed by atoms with Crippen LogP contribution >= 0.6 is 0 Å². The van der Waals surface area contributed by atoms with Gasteiger partial charge in [0, 0.05) is 12.8 Å². The van der Waals surface area contributed by atoms with Crippen molar-refractivity contribution >= 4 is 23.9 Å². The van der Waals surface area contributed by atoms with Crippen molar-refractivity contribution in [2.45, 2.75) is 50.6 Å². The lowest BCUT2D eigenvalue weighted by Gasteiger charge is -2.26. The van der Waals surface area contributed by atoms with Gasteiger partial charge in [-0.15, -0.1) is 0 Å². The highest BCUT2D eigenvalue weighted by Gasteiger charge is 2.32. The summed E-state index contributed by atoms with van der Waals surface area (Å²) in [5.41, 5.74) is 2.11. The smallest absolute Gasteiger partial charge is 0.408 e. The Balaban J connectivity index is 1.81. The van der Waals surface area contributed by atoms with Crippen molar-refractivity contribution in [1.29, 1.82) is 0 Å². The van der Waals surface area contributed by atoms with E-state index in [1.54, 1.807) is 48.5 Å². The van der Waals surface area contributed by atoms with E-state index in [4.69, 9.17) is 4.74 Å². The standard InChI is InChI=1S/C31H35N3O8/c1-20(35)27(30(39)41-2)34-29(38)25(18-22-13-15-24(36)16-14-22)32-28(37)26(17-21-9-5-3-6-10-21)33-31(40)42-19-23-11-7-4-8-12-23/h3-16,20,25-27,35-36H,17-19H2,1-2H3,(H,32,37)(H,33,40)(H,34,38)/t20-,25-,26-,27-/m1/s1. The zero-order valence-corrected chi connectivity index (χ0v) is 23.4. The number of alkyl carbamates (subject to hydrolysis) is 1. The van der Waals surface area contributed by atoms with E-state index in [1.807, 2.05) is 24.3 Å². The van der Waals surface area contributed by atoms with Crippen LogP contribution in [0.4, 0.5) is 4.79 Å². The average molecular weight is 578 g/mol. The molecule has 0 aliphatic rings. The van der Waals surface area contributed by atoms with Gasteiger partial charge in [-0.25, -0.2) is 9.59 Å². The molecule has 3 aromatic carbocycles. The van der Waals surface area contributed by atoms with Crippen LogP contribution in [0.3, 0.4) is 0 Å². The number of ether oxygens (including phenoxy) is 2. The summed E-state index contributed by atoms with van der Waals surface area (Å²) < 4.78 is 9.99. The fourth-order valence-electron chi connectivity index (χ4n) is 4.07. The van der Waals surface area contributed by atoms with Crippen LogP contribution in [0.1, 0.15) is 23.6 Å². The van der Waals surface area contributed by atoms with Crippen molar-refractivity contribution < 1.29 is 38.9 Å². The number of carbonyl (C=O) groups excluding carboxylic acids is 4. The largest absolute Gasteiger partial charge is 0.508 e. The van der Waals surface area contributed by atoms with Gasteiger partial charge in [0.25, 0.3) is 0 Å². The maximum Gasteiger partial charge on any atom is 0.408 e. The molecule has 11 nitrogen and oxygen atoms in total. The van der Waals surface area contributed by atoms with Gasteiger partial charge in [-0.1, -0.05) is 72.8 Å². The summed E-state index contributed by atoms with van der Waals surface area (Å²) in [5, 5.41) is 27.4. The molecule has 0 bridgehead atoms. The van der Waals surface area contributed by atoms with Gasteiger partial charge >= 0.3 is 12.1 Å². The summed E-state index contributed by atoms with van der Waals surface area (Å²) in [4.78, 5) is 51.8. The predicted octanol–water partition coefficient (Wildman–Crippen LogP) is 2.00. The third-order valence-electron chi connectivity index (χ3n) is 6.35. The van der Waals surface area contributed by atoms with Gasteiger partial charge in [0.2, 0.25) is 11.8 Å². The number of methoxy groups -OCH3 is 1. The molecule has 0 aliphatic carbocycles. The molecule has 11 heteroatoms. The Kier molecular flexibility index (Phi) is 11.9. The van der Waals surface area contributed by atoms with Gasteiger partial charge in [-0.2, -0.15) is 0 Å². The van der Waals surface area contributed by atoms with Gasteiger partial charge in [0.05, 0.1) is 13.2 Å². The molecular weight excluding hydrogens is 542 g/mol. The minimum atomic E-state index is -1.38. The van der Waals surface area contributed by atoms with Gasteiger partial charge < -0.3 is 35.6 Å². The first-order valence-corrected chi connectivity index (χ1v) is 13.3. The van der Waals surface area contributed by atoms with E-state index in [9.17, 15) is 29.4 Å². The number of esters is 1. The van der Waals surface area contributed by atoms with E-state index in [0.717, 1.165) is 18.2 Å². The van der Waals surface area contributed by atoms with Crippen LogP contribution in [0.2, 0.25) is 0 Å². The Morgan fingerprint density at radius 3 is 1.76 bits per heavy atom. The minimum absolute atomic E-state index is 0.00745. The Morgan fingerprint density at radius 1 is 0.714 bits per heavy atom. The normalized spacial score (nSPS) is 13.5. The van der Waals surface area contributed by atoms with E-state index in [-0.39, 0.29) is 25.2 Å². The molecule has 0 aliphatic heterocycles. The molecule has 3 amide bonds. The molecule has 4 atom stereocenters. The molecule has 0 spiro atoms. The van der Waals surface area contributed by atoms with Gasteiger partial charge in [-0.05, 0) is 35.7 Å². The number of nitrogens with one attached hydrogen (secondary N) is 3. The molecule has 0 saturated heterocycles. The van der Waals surface area contributed by atoms with E-state index in [2.05, 4.69) is 20.7 Å². The highest BCUT2D eigenvalue weighted by Crippen LogP contribution is 2.13. The van der Waals surface area contributed by atoms with Crippen LogP contribution in [0.25, 0.3) is 0 Å². The summed E-state index contributed by atoms with van der Waals surface area (Å²) >= 11 is 0. The number of benzene rings is 3. The average Bonchev–Trinajstić information content (AvgIpc) is 2.99. The summed E-state index contributed by atoms with van der Waals surface area (Å²) in [6.07, 6.45) is -2.03. The Morgan fingerprint density at radius 2 is 1.21 bits per heavy atom. The SMILES string of the molecule is COC(=O)[C@H](NC(=O)[C@@H](Cc1ccc(O)cc1)NC(=O)[C@@H](Cc1ccccc1)NC(=O)OCc1ccccc1)[C@@H](C)O. The van der Waals surface area contributed by atoms with Gasteiger partial charge in [0.15, 0.2) is 6.04 Å². The first kappa shape index (κ1) is 31.6. The third-order valence-corrected chi connectivity index (χ3v) is 6.35. The quantitative estimate of drug-likeness (QED) is 0.193.